The first-order valence-electron chi connectivity index (χ1n) is 12.6. The smallest absolute Gasteiger partial charge is 0.300 e. The van der Waals surface area contributed by atoms with Crippen LogP contribution in [0.4, 0.5) is 5.69 Å². The number of aliphatic hydroxyl groups is 1. The first-order chi connectivity index (χ1) is 18.2. The number of ketones is 1. The van der Waals surface area contributed by atoms with Crippen LogP contribution in [0.25, 0.3) is 5.76 Å². The van der Waals surface area contributed by atoms with Gasteiger partial charge in [0, 0.05) is 11.3 Å². The topological polar surface area (TPSA) is 85.3 Å². The van der Waals surface area contributed by atoms with Crippen LogP contribution in [-0.2, 0) is 9.59 Å². The number of nitrogens with zero attached hydrogens (tertiary/aromatic N) is 1. The quantitative estimate of drug-likeness (QED) is 0.209. The van der Waals surface area contributed by atoms with E-state index in [9.17, 15) is 14.7 Å². The summed E-state index contributed by atoms with van der Waals surface area (Å²) in [6.07, 6.45) is -0.00728. The minimum Gasteiger partial charge on any atom is -0.507 e. The fourth-order valence-electron chi connectivity index (χ4n) is 4.33. The second kappa shape index (κ2) is 11.4. The molecule has 3 aromatic rings. The number of anilines is 1. The van der Waals surface area contributed by atoms with E-state index in [0.717, 1.165) is 0 Å². The average molecular weight is 516 g/mol. The number of hydrogen-bond donors (Lipinski definition) is 1. The summed E-state index contributed by atoms with van der Waals surface area (Å²) in [4.78, 5) is 28.3. The van der Waals surface area contributed by atoms with Crippen LogP contribution in [0, 0.1) is 5.92 Å². The van der Waals surface area contributed by atoms with Crippen molar-refractivity contribution in [3.8, 4) is 17.2 Å². The van der Waals surface area contributed by atoms with E-state index in [2.05, 4.69) is 0 Å². The first kappa shape index (κ1) is 26.8. The molecule has 4 rings (SSSR count). The molecule has 1 saturated heterocycles. The van der Waals surface area contributed by atoms with Gasteiger partial charge in [-0.15, -0.1) is 0 Å². The van der Waals surface area contributed by atoms with Gasteiger partial charge in [0.15, 0.2) is 0 Å². The Morgan fingerprint density at radius 1 is 0.895 bits per heavy atom. The van der Waals surface area contributed by atoms with Crippen LogP contribution in [0.3, 0.4) is 0 Å². The number of hydrogen-bond acceptors (Lipinski definition) is 6. The Hall–Kier alpha value is -4.26. The maximum Gasteiger partial charge on any atom is 0.300 e. The van der Waals surface area contributed by atoms with Crippen molar-refractivity contribution < 1.29 is 28.9 Å². The molecule has 0 spiro atoms. The molecule has 198 valence electrons. The SMILES string of the molecule is COc1cccc(C2/C(=C(/O)c3cccc(OCC(C)C)c3)C(=O)C(=O)N2c2ccc(OC(C)C)cc2)c1. The van der Waals surface area contributed by atoms with Gasteiger partial charge in [0.1, 0.15) is 23.0 Å². The van der Waals surface area contributed by atoms with Crippen LogP contribution in [0.15, 0.2) is 78.4 Å². The maximum atomic E-state index is 13.5. The van der Waals surface area contributed by atoms with E-state index in [0.29, 0.717) is 46.6 Å². The Balaban J connectivity index is 1.84. The van der Waals surface area contributed by atoms with Crippen molar-refractivity contribution in [2.45, 2.75) is 39.8 Å². The number of Topliss-reactive ketones (excluding diaryl/α,β-unsaturated/α-hetero) is 1. The zero-order chi connectivity index (χ0) is 27.4. The van der Waals surface area contributed by atoms with Crippen LogP contribution in [0.2, 0.25) is 0 Å². The molecule has 3 aromatic carbocycles. The molecule has 7 nitrogen and oxygen atoms in total. The molecule has 0 aliphatic carbocycles. The summed E-state index contributed by atoms with van der Waals surface area (Å²) in [5.74, 6) is 0.330. The van der Waals surface area contributed by atoms with Gasteiger partial charge < -0.3 is 19.3 Å². The van der Waals surface area contributed by atoms with Crippen molar-refractivity contribution in [3.63, 3.8) is 0 Å². The van der Waals surface area contributed by atoms with Crippen LogP contribution in [-0.4, -0.2) is 36.6 Å². The Labute approximate surface area is 223 Å². The first-order valence-corrected chi connectivity index (χ1v) is 12.6. The molecular weight excluding hydrogens is 482 g/mol. The predicted molar refractivity (Wildman–Crippen MR) is 147 cm³/mol. The molecule has 0 bridgehead atoms. The minimum atomic E-state index is -0.873. The summed E-state index contributed by atoms with van der Waals surface area (Å²) in [5, 5.41) is 11.4. The van der Waals surface area contributed by atoms with Gasteiger partial charge in [0.25, 0.3) is 11.7 Å². The van der Waals surface area contributed by atoms with Gasteiger partial charge >= 0.3 is 0 Å². The lowest BCUT2D eigenvalue weighted by Gasteiger charge is -2.26. The molecule has 38 heavy (non-hydrogen) atoms. The average Bonchev–Trinajstić information content (AvgIpc) is 3.17. The van der Waals surface area contributed by atoms with E-state index >= 15 is 0 Å². The monoisotopic (exact) mass is 515 g/mol. The minimum absolute atomic E-state index is 0.00728. The largest absolute Gasteiger partial charge is 0.507 e. The number of carbonyl (C=O) groups excluding carboxylic acids is 2. The summed E-state index contributed by atoms with van der Waals surface area (Å²) in [7, 11) is 1.55. The Morgan fingerprint density at radius 2 is 1.58 bits per heavy atom. The van der Waals surface area contributed by atoms with Crippen molar-refractivity contribution in [2.24, 2.45) is 5.92 Å². The second-order valence-corrected chi connectivity index (χ2v) is 9.84. The number of methoxy groups -OCH3 is 1. The molecule has 1 fully saturated rings. The van der Waals surface area contributed by atoms with Gasteiger partial charge in [-0.05, 0) is 73.9 Å². The van der Waals surface area contributed by atoms with Gasteiger partial charge in [-0.3, -0.25) is 14.5 Å². The summed E-state index contributed by atoms with van der Waals surface area (Å²) >= 11 is 0. The molecule has 1 atom stereocenters. The molecule has 1 heterocycles. The highest BCUT2D eigenvalue weighted by Crippen LogP contribution is 2.43. The van der Waals surface area contributed by atoms with E-state index in [1.54, 1.807) is 79.9 Å². The third-order valence-electron chi connectivity index (χ3n) is 6.03. The van der Waals surface area contributed by atoms with E-state index in [4.69, 9.17) is 14.2 Å². The number of benzene rings is 3. The van der Waals surface area contributed by atoms with Gasteiger partial charge in [-0.25, -0.2) is 0 Å². The van der Waals surface area contributed by atoms with Crippen molar-refractivity contribution >= 4 is 23.1 Å². The van der Waals surface area contributed by atoms with Gasteiger partial charge in [-0.1, -0.05) is 38.1 Å². The second-order valence-electron chi connectivity index (χ2n) is 9.84. The van der Waals surface area contributed by atoms with Crippen molar-refractivity contribution in [2.75, 3.05) is 18.6 Å². The Bertz CT molecular complexity index is 1340. The van der Waals surface area contributed by atoms with Gasteiger partial charge in [0.2, 0.25) is 0 Å². The van der Waals surface area contributed by atoms with E-state index in [-0.39, 0.29) is 17.4 Å². The number of rotatable bonds is 9. The third kappa shape index (κ3) is 5.67. The molecule has 1 N–H and O–H groups in total. The molecule has 7 heteroatoms. The molecule has 0 saturated carbocycles. The van der Waals surface area contributed by atoms with Crippen LogP contribution < -0.4 is 19.1 Å². The highest BCUT2D eigenvalue weighted by Gasteiger charge is 2.47. The molecule has 1 aliphatic heterocycles. The molecule has 0 radical (unpaired) electrons. The highest BCUT2D eigenvalue weighted by molar-refractivity contribution is 6.51. The third-order valence-corrected chi connectivity index (χ3v) is 6.03. The Morgan fingerprint density at radius 3 is 2.24 bits per heavy atom. The highest BCUT2D eigenvalue weighted by atomic mass is 16.5. The van der Waals surface area contributed by atoms with Crippen LogP contribution >= 0.6 is 0 Å². The van der Waals surface area contributed by atoms with Crippen molar-refractivity contribution in [1.29, 1.82) is 0 Å². The summed E-state index contributed by atoms with van der Waals surface area (Å²) in [5.41, 5.74) is 1.51. The van der Waals surface area contributed by atoms with E-state index in [1.807, 2.05) is 27.7 Å². The zero-order valence-electron chi connectivity index (χ0n) is 22.3. The molecule has 1 unspecified atom stereocenters. The lowest BCUT2D eigenvalue weighted by atomic mass is 9.95. The number of carbonyl (C=O) groups is 2. The van der Waals surface area contributed by atoms with Crippen LogP contribution in [0.1, 0.15) is 44.9 Å². The molecule has 1 amide bonds. The van der Waals surface area contributed by atoms with Gasteiger partial charge in [0.05, 0.1) is 31.4 Å². The number of aliphatic hydroxyl groups excluding tert-OH is 1. The van der Waals surface area contributed by atoms with Crippen molar-refractivity contribution in [1.82, 2.24) is 0 Å². The van der Waals surface area contributed by atoms with E-state index in [1.165, 1.54) is 4.90 Å². The standard InChI is InChI=1S/C31H33NO6/c1-19(2)18-37-26-11-7-9-22(17-26)29(33)27-28(21-8-6-10-25(16-21)36-5)32(31(35)30(27)34)23-12-14-24(15-13-23)38-20(3)4/h6-17,19-20,28,33H,18H2,1-5H3/b29-27-. The summed E-state index contributed by atoms with van der Waals surface area (Å²) < 4.78 is 17.0. The summed E-state index contributed by atoms with van der Waals surface area (Å²) in [6.45, 7) is 8.45. The Kier molecular flexibility index (Phi) is 8.05. The number of amides is 1. The number of ether oxygens (including phenoxy) is 3. The molecular formula is C31H33NO6. The lowest BCUT2D eigenvalue weighted by molar-refractivity contribution is -0.132. The normalized spacial score (nSPS) is 16.8. The predicted octanol–water partition coefficient (Wildman–Crippen LogP) is 6.14. The van der Waals surface area contributed by atoms with Crippen LogP contribution in [0.5, 0.6) is 17.2 Å². The lowest BCUT2D eigenvalue weighted by Crippen LogP contribution is -2.29. The van der Waals surface area contributed by atoms with E-state index < -0.39 is 17.7 Å². The molecule has 1 aliphatic rings. The summed E-state index contributed by atoms with van der Waals surface area (Å²) in [6, 6.07) is 20.1. The fraction of sp³-hybridized carbons (Fsp3) is 0.290. The maximum absolute atomic E-state index is 13.5. The van der Waals surface area contributed by atoms with Gasteiger partial charge in [-0.2, -0.15) is 0 Å². The fourth-order valence-corrected chi connectivity index (χ4v) is 4.33. The van der Waals surface area contributed by atoms with Crippen molar-refractivity contribution in [3.05, 3.63) is 89.5 Å². The zero-order valence-corrected chi connectivity index (χ0v) is 22.3. The molecule has 0 aromatic heterocycles.